The molecule has 0 aliphatic rings. The van der Waals surface area contributed by atoms with Crippen molar-refractivity contribution in [1.29, 1.82) is 5.26 Å². The van der Waals surface area contributed by atoms with Crippen molar-refractivity contribution in [3.8, 4) is 28.5 Å². The number of nitrogens with two attached hydrogens (primary N) is 1. The molecule has 0 bridgehead atoms. The second-order valence-corrected chi connectivity index (χ2v) is 6.03. The molecule has 3 aromatic heterocycles. The Labute approximate surface area is 146 Å². The molecule has 0 saturated heterocycles. The molecular weight excluding hydrogens is 314 g/mol. The van der Waals surface area contributed by atoms with Gasteiger partial charge in [0, 0.05) is 50.2 Å². The summed E-state index contributed by atoms with van der Waals surface area (Å²) in [5.41, 5.74) is 10.5. The van der Waals surface area contributed by atoms with Gasteiger partial charge >= 0.3 is 0 Å². The summed E-state index contributed by atoms with van der Waals surface area (Å²) in [6.07, 6.45) is 5.36. The SMILES string of the molecule is Cc1c(-c2cnn(C)c2)nc(N)c(C#N)c1-c1ccc(N(C)C)nc1. The third kappa shape index (κ3) is 2.90. The van der Waals surface area contributed by atoms with Crippen LogP contribution in [0.25, 0.3) is 22.4 Å². The molecule has 2 N–H and O–H groups in total. The van der Waals surface area contributed by atoms with E-state index in [1.165, 1.54) is 0 Å². The number of nitrogen functional groups attached to an aromatic ring is 1. The molecule has 126 valence electrons. The molecule has 0 aromatic carbocycles. The monoisotopic (exact) mass is 333 g/mol. The third-order valence-electron chi connectivity index (χ3n) is 4.05. The first-order valence-electron chi connectivity index (χ1n) is 7.75. The van der Waals surface area contributed by atoms with E-state index >= 15 is 0 Å². The topological polar surface area (TPSA) is 96.7 Å². The zero-order valence-corrected chi connectivity index (χ0v) is 14.6. The van der Waals surface area contributed by atoms with Gasteiger partial charge in [-0.15, -0.1) is 0 Å². The van der Waals surface area contributed by atoms with Crippen LogP contribution in [-0.2, 0) is 7.05 Å². The number of hydrogen-bond acceptors (Lipinski definition) is 6. The Morgan fingerprint density at radius 1 is 1.20 bits per heavy atom. The van der Waals surface area contributed by atoms with Crippen molar-refractivity contribution in [1.82, 2.24) is 19.7 Å². The third-order valence-corrected chi connectivity index (χ3v) is 4.05. The van der Waals surface area contributed by atoms with Gasteiger partial charge < -0.3 is 10.6 Å². The molecule has 7 heteroatoms. The summed E-state index contributed by atoms with van der Waals surface area (Å²) >= 11 is 0. The van der Waals surface area contributed by atoms with Gasteiger partial charge in [0.15, 0.2) is 0 Å². The first-order valence-corrected chi connectivity index (χ1v) is 7.75. The molecule has 0 atom stereocenters. The highest BCUT2D eigenvalue weighted by Gasteiger charge is 2.19. The van der Waals surface area contributed by atoms with Crippen molar-refractivity contribution in [3.05, 3.63) is 41.9 Å². The predicted molar refractivity (Wildman–Crippen MR) is 97.9 cm³/mol. The molecule has 3 rings (SSSR count). The van der Waals surface area contributed by atoms with Crippen LogP contribution >= 0.6 is 0 Å². The van der Waals surface area contributed by atoms with E-state index in [0.29, 0.717) is 5.56 Å². The minimum absolute atomic E-state index is 0.207. The number of nitriles is 1. The van der Waals surface area contributed by atoms with Gasteiger partial charge in [0.1, 0.15) is 23.3 Å². The van der Waals surface area contributed by atoms with Gasteiger partial charge in [-0.25, -0.2) is 9.97 Å². The quantitative estimate of drug-likeness (QED) is 0.790. The summed E-state index contributed by atoms with van der Waals surface area (Å²) in [5.74, 6) is 1.05. The zero-order valence-electron chi connectivity index (χ0n) is 14.6. The Morgan fingerprint density at radius 3 is 2.48 bits per heavy atom. The van der Waals surface area contributed by atoms with Gasteiger partial charge in [-0.1, -0.05) is 0 Å². The van der Waals surface area contributed by atoms with E-state index in [-0.39, 0.29) is 5.82 Å². The van der Waals surface area contributed by atoms with Crippen LogP contribution in [-0.4, -0.2) is 33.8 Å². The van der Waals surface area contributed by atoms with Gasteiger partial charge in [0.2, 0.25) is 0 Å². The van der Waals surface area contributed by atoms with E-state index < -0.39 is 0 Å². The van der Waals surface area contributed by atoms with E-state index in [0.717, 1.165) is 33.8 Å². The Bertz CT molecular complexity index is 962. The lowest BCUT2D eigenvalue weighted by atomic mass is 9.94. The molecule has 0 aliphatic carbocycles. The summed E-state index contributed by atoms with van der Waals surface area (Å²) in [7, 11) is 5.70. The van der Waals surface area contributed by atoms with Crippen molar-refractivity contribution in [2.75, 3.05) is 24.7 Å². The van der Waals surface area contributed by atoms with Crippen molar-refractivity contribution in [2.45, 2.75) is 6.92 Å². The van der Waals surface area contributed by atoms with E-state index in [4.69, 9.17) is 5.73 Å². The van der Waals surface area contributed by atoms with Gasteiger partial charge in [-0.2, -0.15) is 10.4 Å². The largest absolute Gasteiger partial charge is 0.383 e. The summed E-state index contributed by atoms with van der Waals surface area (Å²) in [6.45, 7) is 1.94. The minimum atomic E-state index is 0.207. The van der Waals surface area contributed by atoms with E-state index in [9.17, 15) is 5.26 Å². The van der Waals surface area contributed by atoms with Crippen LogP contribution < -0.4 is 10.6 Å². The van der Waals surface area contributed by atoms with E-state index in [2.05, 4.69) is 21.1 Å². The number of rotatable bonds is 3. The number of hydrogen-bond donors (Lipinski definition) is 1. The fourth-order valence-electron chi connectivity index (χ4n) is 2.79. The molecule has 0 amide bonds. The van der Waals surface area contributed by atoms with Crippen molar-refractivity contribution < 1.29 is 0 Å². The number of nitrogens with zero attached hydrogens (tertiary/aromatic N) is 6. The summed E-state index contributed by atoms with van der Waals surface area (Å²) in [6, 6.07) is 6.03. The summed E-state index contributed by atoms with van der Waals surface area (Å²) in [4.78, 5) is 10.8. The molecule has 0 aliphatic heterocycles. The Morgan fingerprint density at radius 2 is 1.96 bits per heavy atom. The van der Waals surface area contributed by atoms with Crippen LogP contribution in [0.15, 0.2) is 30.7 Å². The van der Waals surface area contributed by atoms with Crippen molar-refractivity contribution in [2.24, 2.45) is 7.05 Å². The average molecular weight is 333 g/mol. The van der Waals surface area contributed by atoms with Gasteiger partial charge in [0.25, 0.3) is 0 Å². The molecule has 0 fully saturated rings. The van der Waals surface area contributed by atoms with Crippen molar-refractivity contribution >= 4 is 11.6 Å². The summed E-state index contributed by atoms with van der Waals surface area (Å²) < 4.78 is 1.71. The molecule has 3 aromatic rings. The molecule has 25 heavy (non-hydrogen) atoms. The highest BCUT2D eigenvalue weighted by atomic mass is 15.2. The molecule has 0 unspecified atom stereocenters. The maximum absolute atomic E-state index is 9.58. The van der Waals surface area contributed by atoms with Crippen LogP contribution in [0.3, 0.4) is 0 Å². The maximum Gasteiger partial charge on any atom is 0.142 e. The van der Waals surface area contributed by atoms with Crippen molar-refractivity contribution in [3.63, 3.8) is 0 Å². The molecule has 0 spiro atoms. The lowest BCUT2D eigenvalue weighted by molar-refractivity contribution is 0.768. The summed E-state index contributed by atoms with van der Waals surface area (Å²) in [5, 5.41) is 13.8. The average Bonchev–Trinajstić information content (AvgIpc) is 3.02. The highest BCUT2D eigenvalue weighted by Crippen LogP contribution is 2.35. The van der Waals surface area contributed by atoms with Gasteiger partial charge in [-0.3, -0.25) is 4.68 Å². The molecule has 3 heterocycles. The van der Waals surface area contributed by atoms with Crippen LogP contribution in [0.2, 0.25) is 0 Å². The fraction of sp³-hybridized carbons (Fsp3) is 0.222. The number of anilines is 2. The maximum atomic E-state index is 9.58. The molecular formula is C18H19N7. The first-order chi connectivity index (χ1) is 11.9. The van der Waals surface area contributed by atoms with E-state index in [1.54, 1.807) is 17.1 Å². The zero-order chi connectivity index (χ0) is 18.1. The number of aryl methyl sites for hydroxylation is 1. The standard InChI is InChI=1S/C18H19N7/c1-11-16(12-5-6-15(21-8-12)24(2)3)14(7-19)18(20)23-17(11)13-9-22-25(4)10-13/h5-6,8-10H,1-4H3,(H2,20,23). The predicted octanol–water partition coefficient (Wildman–Crippen LogP) is 2.37. The Balaban J connectivity index is 2.24. The molecule has 0 radical (unpaired) electrons. The second-order valence-electron chi connectivity index (χ2n) is 6.03. The van der Waals surface area contributed by atoms with Crippen LogP contribution in [0, 0.1) is 18.3 Å². The van der Waals surface area contributed by atoms with Crippen LogP contribution in [0.1, 0.15) is 11.1 Å². The first kappa shape index (κ1) is 16.5. The lowest BCUT2D eigenvalue weighted by Gasteiger charge is -2.15. The Hall–Kier alpha value is -3.40. The van der Waals surface area contributed by atoms with E-state index in [1.807, 2.05) is 51.3 Å². The number of pyridine rings is 2. The normalized spacial score (nSPS) is 10.5. The highest BCUT2D eigenvalue weighted by molar-refractivity contribution is 5.83. The van der Waals surface area contributed by atoms with Gasteiger partial charge in [0.05, 0.1) is 11.9 Å². The van der Waals surface area contributed by atoms with Gasteiger partial charge in [-0.05, 0) is 24.6 Å². The Kier molecular flexibility index (Phi) is 4.11. The number of aromatic nitrogens is 4. The minimum Gasteiger partial charge on any atom is -0.383 e. The van der Waals surface area contributed by atoms with Crippen LogP contribution in [0.5, 0.6) is 0 Å². The molecule has 0 saturated carbocycles. The fourth-order valence-corrected chi connectivity index (χ4v) is 2.79. The van der Waals surface area contributed by atoms with Crippen LogP contribution in [0.4, 0.5) is 11.6 Å². The lowest BCUT2D eigenvalue weighted by Crippen LogP contribution is -2.10. The second kappa shape index (κ2) is 6.24. The molecule has 7 nitrogen and oxygen atoms in total. The smallest absolute Gasteiger partial charge is 0.142 e.